The standard InChI is InChI=1S/C11H12ClNO2/c1-8-4-5-9(12)10(7-8)13-6-2-3-11(14)15/h2-5,7,13H,6H2,1H3,(H,14,15)/b3-2+. The molecule has 4 heteroatoms. The van der Waals surface area contributed by atoms with Gasteiger partial charge in [-0.2, -0.15) is 0 Å². The number of hydrogen-bond acceptors (Lipinski definition) is 2. The predicted molar refractivity (Wildman–Crippen MR) is 61.5 cm³/mol. The Morgan fingerprint density at radius 1 is 1.60 bits per heavy atom. The maximum absolute atomic E-state index is 10.2. The van der Waals surface area contributed by atoms with E-state index in [1.807, 2.05) is 19.1 Å². The lowest BCUT2D eigenvalue weighted by Crippen LogP contribution is -2.00. The van der Waals surface area contributed by atoms with Gasteiger partial charge in [-0.25, -0.2) is 4.79 Å². The van der Waals surface area contributed by atoms with E-state index in [-0.39, 0.29) is 0 Å². The summed E-state index contributed by atoms with van der Waals surface area (Å²) in [6.07, 6.45) is 2.62. The third-order valence-electron chi connectivity index (χ3n) is 1.79. The third-order valence-corrected chi connectivity index (χ3v) is 2.12. The second kappa shape index (κ2) is 5.41. The summed E-state index contributed by atoms with van der Waals surface area (Å²) in [5.41, 5.74) is 1.91. The SMILES string of the molecule is Cc1ccc(Cl)c(NC/C=C/C(=O)O)c1. The van der Waals surface area contributed by atoms with Gasteiger partial charge in [0.1, 0.15) is 0 Å². The van der Waals surface area contributed by atoms with Gasteiger partial charge in [-0.05, 0) is 24.6 Å². The summed E-state index contributed by atoms with van der Waals surface area (Å²) in [6.45, 7) is 2.41. The summed E-state index contributed by atoms with van der Waals surface area (Å²) >= 11 is 5.93. The fourth-order valence-corrected chi connectivity index (χ4v) is 1.29. The van der Waals surface area contributed by atoms with Crippen molar-refractivity contribution in [2.24, 2.45) is 0 Å². The first-order chi connectivity index (χ1) is 7.09. The van der Waals surface area contributed by atoms with Gasteiger partial charge < -0.3 is 10.4 Å². The molecule has 0 aliphatic heterocycles. The van der Waals surface area contributed by atoms with E-state index >= 15 is 0 Å². The van der Waals surface area contributed by atoms with Crippen molar-refractivity contribution in [3.8, 4) is 0 Å². The zero-order valence-electron chi connectivity index (χ0n) is 8.33. The number of benzene rings is 1. The van der Waals surface area contributed by atoms with Gasteiger partial charge in [0.05, 0.1) is 10.7 Å². The number of rotatable bonds is 4. The minimum absolute atomic E-state index is 0.440. The van der Waals surface area contributed by atoms with Crippen LogP contribution in [-0.2, 0) is 4.79 Å². The molecule has 0 aromatic heterocycles. The van der Waals surface area contributed by atoms with Crippen LogP contribution < -0.4 is 5.32 Å². The van der Waals surface area contributed by atoms with Crippen LogP contribution in [0.1, 0.15) is 5.56 Å². The summed E-state index contributed by atoms with van der Waals surface area (Å²) in [5, 5.41) is 12.0. The molecular weight excluding hydrogens is 214 g/mol. The van der Waals surface area contributed by atoms with E-state index in [0.29, 0.717) is 11.6 Å². The van der Waals surface area contributed by atoms with Gasteiger partial charge >= 0.3 is 5.97 Å². The Hall–Kier alpha value is -1.48. The molecule has 0 heterocycles. The van der Waals surface area contributed by atoms with Crippen LogP contribution in [0.15, 0.2) is 30.4 Å². The maximum Gasteiger partial charge on any atom is 0.328 e. The molecule has 0 atom stereocenters. The molecule has 3 nitrogen and oxygen atoms in total. The summed E-state index contributed by atoms with van der Waals surface area (Å²) in [4.78, 5) is 10.2. The van der Waals surface area contributed by atoms with E-state index in [1.54, 1.807) is 6.07 Å². The van der Waals surface area contributed by atoms with Gasteiger partial charge in [-0.15, -0.1) is 0 Å². The molecule has 0 amide bonds. The van der Waals surface area contributed by atoms with Crippen molar-refractivity contribution in [3.05, 3.63) is 40.9 Å². The van der Waals surface area contributed by atoms with E-state index in [1.165, 1.54) is 6.08 Å². The van der Waals surface area contributed by atoms with Crippen molar-refractivity contribution < 1.29 is 9.90 Å². The molecule has 1 aromatic carbocycles. The van der Waals surface area contributed by atoms with Gasteiger partial charge in [0.15, 0.2) is 0 Å². The third kappa shape index (κ3) is 4.04. The molecule has 0 radical (unpaired) electrons. The minimum atomic E-state index is -0.952. The van der Waals surface area contributed by atoms with Crippen LogP contribution in [0.4, 0.5) is 5.69 Å². The van der Waals surface area contributed by atoms with Crippen LogP contribution in [0.2, 0.25) is 5.02 Å². The molecular formula is C11H12ClNO2. The number of carboxylic acids is 1. The molecule has 2 N–H and O–H groups in total. The zero-order chi connectivity index (χ0) is 11.3. The van der Waals surface area contributed by atoms with Crippen LogP contribution in [0.3, 0.4) is 0 Å². The van der Waals surface area contributed by atoms with Crippen molar-refractivity contribution in [1.82, 2.24) is 0 Å². The zero-order valence-corrected chi connectivity index (χ0v) is 9.08. The average Bonchev–Trinajstić information content (AvgIpc) is 2.17. The molecule has 0 aliphatic carbocycles. The van der Waals surface area contributed by atoms with Crippen LogP contribution >= 0.6 is 11.6 Å². The molecule has 0 saturated heterocycles. The molecule has 0 unspecified atom stereocenters. The van der Waals surface area contributed by atoms with Crippen molar-refractivity contribution in [2.45, 2.75) is 6.92 Å². The van der Waals surface area contributed by atoms with Crippen molar-refractivity contribution in [3.63, 3.8) is 0 Å². The number of carbonyl (C=O) groups is 1. The highest BCUT2D eigenvalue weighted by atomic mass is 35.5. The first-order valence-corrected chi connectivity index (χ1v) is 4.87. The van der Waals surface area contributed by atoms with Gasteiger partial charge in [0.25, 0.3) is 0 Å². The van der Waals surface area contributed by atoms with E-state index in [0.717, 1.165) is 17.3 Å². The summed E-state index contributed by atoms with van der Waals surface area (Å²) < 4.78 is 0. The molecule has 0 spiro atoms. The van der Waals surface area contributed by atoms with E-state index < -0.39 is 5.97 Å². The molecule has 0 aliphatic rings. The van der Waals surface area contributed by atoms with Gasteiger partial charge in [-0.1, -0.05) is 23.7 Å². The lowest BCUT2D eigenvalue weighted by Gasteiger charge is -2.06. The smallest absolute Gasteiger partial charge is 0.328 e. The molecule has 1 rings (SSSR count). The topological polar surface area (TPSA) is 49.3 Å². The summed E-state index contributed by atoms with van der Waals surface area (Å²) in [6, 6.07) is 5.64. The van der Waals surface area contributed by atoms with Gasteiger partial charge in [-0.3, -0.25) is 0 Å². The van der Waals surface area contributed by atoms with Crippen LogP contribution in [0.25, 0.3) is 0 Å². The van der Waals surface area contributed by atoms with Crippen LogP contribution in [0.5, 0.6) is 0 Å². The van der Waals surface area contributed by atoms with Crippen molar-refractivity contribution >= 4 is 23.3 Å². The Kier molecular flexibility index (Phi) is 4.18. The van der Waals surface area contributed by atoms with Crippen LogP contribution in [-0.4, -0.2) is 17.6 Å². The fourth-order valence-electron chi connectivity index (χ4n) is 1.10. The Morgan fingerprint density at radius 3 is 3.00 bits per heavy atom. The fraction of sp³-hybridized carbons (Fsp3) is 0.182. The number of carboxylic acid groups (broad SMARTS) is 1. The first kappa shape index (κ1) is 11.6. The van der Waals surface area contributed by atoms with E-state index in [4.69, 9.17) is 16.7 Å². The number of halogens is 1. The average molecular weight is 226 g/mol. The second-order valence-corrected chi connectivity index (χ2v) is 3.51. The van der Waals surface area contributed by atoms with Gasteiger partial charge in [0, 0.05) is 12.6 Å². The van der Waals surface area contributed by atoms with Crippen molar-refractivity contribution in [1.29, 1.82) is 0 Å². The molecule has 80 valence electrons. The number of hydrogen-bond donors (Lipinski definition) is 2. The number of nitrogens with one attached hydrogen (secondary N) is 1. The molecule has 15 heavy (non-hydrogen) atoms. The van der Waals surface area contributed by atoms with Crippen molar-refractivity contribution in [2.75, 3.05) is 11.9 Å². The molecule has 1 aromatic rings. The molecule has 0 saturated carbocycles. The van der Waals surface area contributed by atoms with Gasteiger partial charge in [0.2, 0.25) is 0 Å². The Balaban J connectivity index is 2.57. The van der Waals surface area contributed by atoms with E-state index in [2.05, 4.69) is 5.32 Å². The normalized spacial score (nSPS) is 10.5. The Labute approximate surface area is 93.4 Å². The Bertz CT molecular complexity index is 388. The number of aryl methyl sites for hydroxylation is 1. The summed E-state index contributed by atoms with van der Waals surface area (Å²) in [7, 11) is 0. The number of anilines is 1. The first-order valence-electron chi connectivity index (χ1n) is 4.49. The minimum Gasteiger partial charge on any atom is -0.478 e. The Morgan fingerprint density at radius 2 is 2.33 bits per heavy atom. The molecule has 0 fully saturated rings. The highest BCUT2D eigenvalue weighted by Gasteiger charge is 1.97. The molecule has 0 bridgehead atoms. The monoisotopic (exact) mass is 225 g/mol. The van der Waals surface area contributed by atoms with Crippen LogP contribution in [0, 0.1) is 6.92 Å². The lowest BCUT2D eigenvalue weighted by molar-refractivity contribution is -0.131. The largest absolute Gasteiger partial charge is 0.478 e. The highest BCUT2D eigenvalue weighted by Crippen LogP contribution is 2.22. The highest BCUT2D eigenvalue weighted by molar-refractivity contribution is 6.33. The quantitative estimate of drug-likeness (QED) is 0.775. The lowest BCUT2D eigenvalue weighted by atomic mass is 10.2. The predicted octanol–water partition coefficient (Wildman–Crippen LogP) is 2.70. The van der Waals surface area contributed by atoms with E-state index in [9.17, 15) is 4.79 Å². The maximum atomic E-state index is 10.2. The summed E-state index contributed by atoms with van der Waals surface area (Å²) in [5.74, 6) is -0.952. The second-order valence-electron chi connectivity index (χ2n) is 3.10. The number of aliphatic carboxylic acids is 1.